The molecule has 0 bridgehead atoms. The normalized spacial score (nSPS) is 12.2. The summed E-state index contributed by atoms with van der Waals surface area (Å²) >= 11 is 0. The van der Waals surface area contributed by atoms with Crippen molar-refractivity contribution in [3.05, 3.63) is 33.9 Å². The number of nitro groups is 1. The van der Waals surface area contributed by atoms with Crippen LogP contribution in [0.3, 0.4) is 0 Å². The largest absolute Gasteiger partial charge is 0.345 e. The van der Waals surface area contributed by atoms with Gasteiger partial charge < -0.3 is 4.90 Å². The zero-order chi connectivity index (χ0) is 20.3. The van der Waals surface area contributed by atoms with Crippen molar-refractivity contribution < 1.29 is 30.7 Å². The van der Waals surface area contributed by atoms with Crippen LogP contribution in [0, 0.1) is 10.1 Å². The van der Waals surface area contributed by atoms with Gasteiger partial charge in [0.25, 0.3) is 21.7 Å². The van der Waals surface area contributed by atoms with Crippen LogP contribution in [0.5, 0.6) is 0 Å². The van der Waals surface area contributed by atoms with Crippen LogP contribution < -0.4 is 0 Å². The lowest BCUT2D eigenvalue weighted by molar-refractivity contribution is -0.385. The van der Waals surface area contributed by atoms with Crippen LogP contribution in [0.15, 0.2) is 23.1 Å². The summed E-state index contributed by atoms with van der Waals surface area (Å²) in [6, 6.07) is 3.26. The maximum atomic E-state index is 12.7. The van der Waals surface area contributed by atoms with E-state index in [1.807, 2.05) is 0 Å². The predicted molar refractivity (Wildman–Crippen MR) is 91.7 cm³/mol. The van der Waals surface area contributed by atoms with E-state index >= 15 is 0 Å². The van der Waals surface area contributed by atoms with Crippen molar-refractivity contribution in [3.63, 3.8) is 0 Å². The van der Waals surface area contributed by atoms with Gasteiger partial charge in [-0.05, 0) is 6.07 Å². The summed E-state index contributed by atoms with van der Waals surface area (Å²) in [6.45, 7) is -0.784. The van der Waals surface area contributed by atoms with Gasteiger partial charge >= 0.3 is 0 Å². The van der Waals surface area contributed by atoms with Crippen LogP contribution in [0.25, 0.3) is 0 Å². The Bertz CT molecular complexity index is 909. The lowest BCUT2D eigenvalue weighted by Crippen LogP contribution is -2.33. The fourth-order valence-corrected chi connectivity index (χ4v) is 3.66. The van der Waals surface area contributed by atoms with Crippen molar-refractivity contribution in [3.8, 4) is 0 Å². The number of carbonyl (C=O) groups excluding carboxylic acids is 1. The van der Waals surface area contributed by atoms with E-state index in [0.717, 1.165) is 40.7 Å². The van der Waals surface area contributed by atoms with Gasteiger partial charge in [0, 0.05) is 33.8 Å². The highest BCUT2D eigenvalue weighted by Gasteiger charge is 2.33. The third-order valence-corrected chi connectivity index (χ3v) is 5.71. The van der Waals surface area contributed by atoms with Crippen molar-refractivity contribution in [1.29, 1.82) is 0 Å². The highest BCUT2D eigenvalue weighted by atomic mass is 32.2. The van der Waals surface area contributed by atoms with Crippen LogP contribution >= 0.6 is 0 Å². The summed E-state index contributed by atoms with van der Waals surface area (Å²) < 4.78 is 52.6. The van der Waals surface area contributed by atoms with Crippen LogP contribution in [0.4, 0.5) is 5.69 Å². The predicted octanol–water partition coefficient (Wildman–Crippen LogP) is -0.107. The topological polar surface area (TPSA) is 144 Å². The Hall–Kier alpha value is -2.09. The molecule has 13 heteroatoms. The molecule has 0 aliphatic carbocycles. The molecule has 0 saturated carbocycles. The van der Waals surface area contributed by atoms with Gasteiger partial charge in [0.2, 0.25) is 10.0 Å². The Kier molecular flexibility index (Phi) is 6.82. The van der Waals surface area contributed by atoms with Crippen molar-refractivity contribution >= 4 is 31.7 Å². The Balaban J connectivity index is 3.37. The molecule has 1 aromatic carbocycles. The van der Waals surface area contributed by atoms with Gasteiger partial charge in [-0.25, -0.2) is 8.42 Å². The minimum Gasteiger partial charge on any atom is -0.345 e. The first kappa shape index (κ1) is 22.0. The van der Waals surface area contributed by atoms with Gasteiger partial charge in [-0.1, -0.05) is 6.07 Å². The Morgan fingerprint density at radius 3 is 2.23 bits per heavy atom. The fraction of sp³-hybridized carbons (Fsp3) is 0.462. The van der Waals surface area contributed by atoms with Crippen molar-refractivity contribution in [2.75, 3.05) is 40.6 Å². The lowest BCUT2D eigenvalue weighted by Gasteiger charge is -2.20. The number of rotatable bonds is 8. The van der Waals surface area contributed by atoms with Gasteiger partial charge in [0.05, 0.1) is 17.8 Å². The molecule has 0 unspecified atom stereocenters. The van der Waals surface area contributed by atoms with E-state index in [2.05, 4.69) is 4.18 Å². The second-order valence-corrected chi connectivity index (χ2v) is 9.12. The third kappa shape index (κ3) is 5.20. The van der Waals surface area contributed by atoms with E-state index in [1.54, 1.807) is 0 Å². The van der Waals surface area contributed by atoms with Crippen molar-refractivity contribution in [2.45, 2.75) is 4.90 Å². The maximum absolute atomic E-state index is 12.7. The molecule has 0 spiro atoms. The van der Waals surface area contributed by atoms with E-state index in [0.29, 0.717) is 0 Å². The third-order valence-electron chi connectivity index (χ3n) is 3.21. The number of sulfonamides is 1. The van der Waals surface area contributed by atoms with E-state index < -0.39 is 53.7 Å². The average Bonchev–Trinajstić information content (AvgIpc) is 2.51. The minimum absolute atomic E-state index is 0.340. The van der Waals surface area contributed by atoms with Gasteiger partial charge in [-0.3, -0.25) is 19.1 Å². The van der Waals surface area contributed by atoms with Crippen molar-refractivity contribution in [2.24, 2.45) is 0 Å². The molecular formula is C13H19N3O8S2. The maximum Gasteiger partial charge on any atom is 0.283 e. The summed E-state index contributed by atoms with van der Waals surface area (Å²) in [5.74, 6) is -0.850. The zero-order valence-electron chi connectivity index (χ0n) is 14.6. The monoisotopic (exact) mass is 409 g/mol. The standard InChI is InChI=1S/C13H19N3O8S2/c1-14(2)13(17)12-10(16(18)19)6-5-7-11(12)26(22,23)15(3)8-9-24-25(4,20)21/h5-7H,8-9H2,1-4H3. The minimum atomic E-state index is -4.32. The molecule has 0 fully saturated rings. The first-order valence-electron chi connectivity index (χ1n) is 7.09. The molecule has 0 radical (unpaired) electrons. The van der Waals surface area contributed by atoms with Gasteiger partial charge in [-0.2, -0.15) is 12.7 Å². The Morgan fingerprint density at radius 2 is 1.77 bits per heavy atom. The summed E-state index contributed by atoms with van der Waals surface area (Å²) in [6.07, 6.45) is 0.815. The smallest absolute Gasteiger partial charge is 0.283 e. The molecular weight excluding hydrogens is 390 g/mol. The van der Waals surface area contributed by atoms with Crippen LogP contribution in [-0.2, 0) is 24.3 Å². The van der Waals surface area contributed by atoms with Gasteiger partial charge in [-0.15, -0.1) is 0 Å². The fourth-order valence-electron chi connectivity index (χ4n) is 1.93. The number of nitrogens with zero attached hydrogens (tertiary/aromatic N) is 3. The highest BCUT2D eigenvalue weighted by Crippen LogP contribution is 2.28. The molecule has 0 aromatic heterocycles. The summed E-state index contributed by atoms with van der Waals surface area (Å²) in [7, 11) is -4.26. The van der Waals surface area contributed by atoms with E-state index in [-0.39, 0.29) is 6.54 Å². The number of amides is 1. The lowest BCUT2D eigenvalue weighted by atomic mass is 10.1. The molecule has 26 heavy (non-hydrogen) atoms. The number of nitro benzene ring substituents is 1. The van der Waals surface area contributed by atoms with Gasteiger partial charge in [0.1, 0.15) is 10.5 Å². The molecule has 0 aliphatic rings. The number of hydrogen-bond acceptors (Lipinski definition) is 8. The summed E-state index contributed by atoms with van der Waals surface area (Å²) in [5, 5.41) is 11.2. The molecule has 1 rings (SSSR count). The number of likely N-dealkylation sites (N-methyl/N-ethyl adjacent to an activating group) is 1. The van der Waals surface area contributed by atoms with Crippen LogP contribution in [0.2, 0.25) is 0 Å². The quantitative estimate of drug-likeness (QED) is 0.329. The zero-order valence-corrected chi connectivity index (χ0v) is 16.2. The molecule has 1 aromatic rings. The van der Waals surface area contributed by atoms with E-state index in [9.17, 15) is 31.7 Å². The molecule has 1 amide bonds. The number of benzene rings is 1. The molecule has 0 aliphatic heterocycles. The number of carbonyl (C=O) groups is 1. The summed E-state index contributed by atoms with van der Waals surface area (Å²) in [5.41, 5.74) is -1.22. The Labute approximate surface area is 151 Å². The molecule has 146 valence electrons. The average molecular weight is 409 g/mol. The first-order chi connectivity index (χ1) is 11.8. The molecule has 0 atom stereocenters. The molecule has 0 N–H and O–H groups in total. The SMILES string of the molecule is CN(C)C(=O)c1c([N+](=O)[O-])cccc1S(=O)(=O)N(C)CCOS(C)(=O)=O. The van der Waals surface area contributed by atoms with E-state index in [4.69, 9.17) is 0 Å². The molecule has 0 heterocycles. The highest BCUT2D eigenvalue weighted by molar-refractivity contribution is 7.89. The van der Waals surface area contributed by atoms with Crippen LogP contribution in [0.1, 0.15) is 10.4 Å². The second-order valence-electron chi connectivity index (χ2n) is 5.46. The Morgan fingerprint density at radius 1 is 1.19 bits per heavy atom. The second kappa shape index (κ2) is 8.07. The molecule has 0 saturated heterocycles. The molecule has 11 nitrogen and oxygen atoms in total. The summed E-state index contributed by atoms with van der Waals surface area (Å²) in [4.78, 5) is 23.2. The first-order valence-corrected chi connectivity index (χ1v) is 10.3. The van der Waals surface area contributed by atoms with Crippen molar-refractivity contribution in [1.82, 2.24) is 9.21 Å². The van der Waals surface area contributed by atoms with Gasteiger partial charge in [0.15, 0.2) is 0 Å². The van der Waals surface area contributed by atoms with Crippen LogP contribution in [-0.4, -0.2) is 77.4 Å². The number of hydrogen-bond donors (Lipinski definition) is 0. The van der Waals surface area contributed by atoms with E-state index in [1.165, 1.54) is 14.1 Å².